The van der Waals surface area contributed by atoms with Gasteiger partial charge in [0.05, 0.1) is 11.4 Å². The summed E-state index contributed by atoms with van der Waals surface area (Å²) in [5, 5.41) is 7.69. The van der Waals surface area contributed by atoms with Crippen LogP contribution in [0.3, 0.4) is 0 Å². The molecule has 0 aliphatic heterocycles. The Morgan fingerprint density at radius 3 is 2.65 bits per heavy atom. The summed E-state index contributed by atoms with van der Waals surface area (Å²) in [6.45, 7) is 4.83. The van der Waals surface area contributed by atoms with Crippen molar-refractivity contribution in [1.29, 1.82) is 0 Å². The standard InChI is InChI=1S/C12H12FN3O/c1-7-10(13)5-4-6-11(7)16-8(2)12(9(3)17)14-15-16/h4-6H,1-3H3. The largest absolute Gasteiger partial charge is 0.293 e. The molecule has 4 nitrogen and oxygen atoms in total. The van der Waals surface area contributed by atoms with Gasteiger partial charge in [-0.1, -0.05) is 11.3 Å². The zero-order valence-corrected chi connectivity index (χ0v) is 9.86. The first kappa shape index (κ1) is 11.4. The van der Waals surface area contributed by atoms with Crippen molar-refractivity contribution in [3.05, 3.63) is 41.0 Å². The van der Waals surface area contributed by atoms with Gasteiger partial charge in [0.1, 0.15) is 5.82 Å². The van der Waals surface area contributed by atoms with Crippen molar-refractivity contribution in [2.45, 2.75) is 20.8 Å². The van der Waals surface area contributed by atoms with E-state index < -0.39 is 0 Å². The van der Waals surface area contributed by atoms with E-state index >= 15 is 0 Å². The lowest BCUT2D eigenvalue weighted by Crippen LogP contribution is -2.04. The van der Waals surface area contributed by atoms with E-state index in [2.05, 4.69) is 10.3 Å². The van der Waals surface area contributed by atoms with E-state index in [0.717, 1.165) is 0 Å². The van der Waals surface area contributed by atoms with E-state index in [4.69, 9.17) is 0 Å². The fourth-order valence-corrected chi connectivity index (χ4v) is 1.71. The number of benzene rings is 1. The summed E-state index contributed by atoms with van der Waals surface area (Å²) in [4.78, 5) is 11.3. The molecule has 0 saturated heterocycles. The first-order chi connectivity index (χ1) is 8.02. The molecule has 0 fully saturated rings. The normalized spacial score (nSPS) is 10.6. The summed E-state index contributed by atoms with van der Waals surface area (Å²) < 4.78 is 14.9. The van der Waals surface area contributed by atoms with Crippen molar-refractivity contribution >= 4 is 5.78 Å². The quantitative estimate of drug-likeness (QED) is 0.747. The predicted molar refractivity (Wildman–Crippen MR) is 60.8 cm³/mol. The van der Waals surface area contributed by atoms with Crippen LogP contribution in [0.5, 0.6) is 0 Å². The first-order valence-corrected chi connectivity index (χ1v) is 5.21. The number of halogens is 1. The third-order valence-corrected chi connectivity index (χ3v) is 2.70. The van der Waals surface area contributed by atoms with Gasteiger partial charge < -0.3 is 0 Å². The maximum atomic E-state index is 13.4. The van der Waals surface area contributed by atoms with Crippen LogP contribution >= 0.6 is 0 Å². The van der Waals surface area contributed by atoms with Gasteiger partial charge in [0, 0.05) is 12.5 Å². The number of rotatable bonds is 2. The summed E-state index contributed by atoms with van der Waals surface area (Å²) >= 11 is 0. The SMILES string of the molecule is CC(=O)c1nnn(-c2cccc(F)c2C)c1C. The fourth-order valence-electron chi connectivity index (χ4n) is 1.71. The number of carbonyl (C=O) groups excluding carboxylic acids is 1. The maximum absolute atomic E-state index is 13.4. The number of hydrogen-bond donors (Lipinski definition) is 0. The molecule has 0 bridgehead atoms. The van der Waals surface area contributed by atoms with Gasteiger partial charge in [0.25, 0.3) is 0 Å². The molecule has 0 atom stereocenters. The van der Waals surface area contributed by atoms with Crippen LogP contribution < -0.4 is 0 Å². The van der Waals surface area contributed by atoms with E-state index in [9.17, 15) is 9.18 Å². The first-order valence-electron chi connectivity index (χ1n) is 5.21. The van der Waals surface area contributed by atoms with E-state index in [1.165, 1.54) is 17.7 Å². The minimum absolute atomic E-state index is 0.150. The molecule has 1 heterocycles. The Bertz CT molecular complexity index is 589. The molecular formula is C12H12FN3O. The van der Waals surface area contributed by atoms with Gasteiger partial charge in [-0.15, -0.1) is 5.10 Å². The lowest BCUT2D eigenvalue weighted by atomic mass is 10.2. The van der Waals surface area contributed by atoms with Crippen LogP contribution in [0, 0.1) is 19.7 Å². The maximum Gasteiger partial charge on any atom is 0.181 e. The molecule has 0 aliphatic rings. The van der Waals surface area contributed by atoms with Crippen LogP contribution in [0.1, 0.15) is 28.7 Å². The summed E-state index contributed by atoms with van der Waals surface area (Å²) in [5.41, 5.74) is 2.01. The molecule has 2 aromatic rings. The van der Waals surface area contributed by atoms with Gasteiger partial charge in [-0.3, -0.25) is 4.79 Å². The van der Waals surface area contributed by atoms with Crippen molar-refractivity contribution in [2.24, 2.45) is 0 Å². The molecule has 0 unspecified atom stereocenters. The summed E-state index contributed by atoms with van der Waals surface area (Å²) in [5.74, 6) is -0.454. The van der Waals surface area contributed by atoms with Crippen molar-refractivity contribution < 1.29 is 9.18 Å². The molecule has 2 rings (SSSR count). The highest BCUT2D eigenvalue weighted by molar-refractivity contribution is 5.93. The molecule has 17 heavy (non-hydrogen) atoms. The third-order valence-electron chi connectivity index (χ3n) is 2.70. The van der Waals surface area contributed by atoms with Crippen LogP contribution in [0.4, 0.5) is 4.39 Å². The summed E-state index contributed by atoms with van der Waals surface area (Å²) in [6, 6.07) is 4.73. The number of ketones is 1. The van der Waals surface area contributed by atoms with Gasteiger partial charge in [-0.2, -0.15) is 0 Å². The molecule has 0 saturated carbocycles. The highest BCUT2D eigenvalue weighted by Gasteiger charge is 2.15. The van der Waals surface area contributed by atoms with Crippen LogP contribution in [-0.4, -0.2) is 20.8 Å². The van der Waals surface area contributed by atoms with Gasteiger partial charge in [-0.05, 0) is 26.0 Å². The number of hydrogen-bond acceptors (Lipinski definition) is 3. The minimum atomic E-state index is -0.304. The van der Waals surface area contributed by atoms with Crippen LogP contribution in [-0.2, 0) is 0 Å². The van der Waals surface area contributed by atoms with Crippen LogP contribution in [0.25, 0.3) is 5.69 Å². The highest BCUT2D eigenvalue weighted by Crippen LogP contribution is 2.18. The lowest BCUT2D eigenvalue weighted by Gasteiger charge is -2.07. The molecular weight excluding hydrogens is 221 g/mol. The zero-order chi connectivity index (χ0) is 12.6. The van der Waals surface area contributed by atoms with Crippen molar-refractivity contribution in [1.82, 2.24) is 15.0 Å². The van der Waals surface area contributed by atoms with E-state index in [1.807, 2.05) is 0 Å². The Balaban J connectivity index is 2.62. The van der Waals surface area contributed by atoms with Gasteiger partial charge in [0.2, 0.25) is 0 Å². The number of nitrogens with zero attached hydrogens (tertiary/aromatic N) is 3. The Kier molecular flexibility index (Phi) is 2.75. The van der Waals surface area contributed by atoms with Gasteiger partial charge in [0.15, 0.2) is 11.5 Å². The molecule has 0 spiro atoms. The number of Topliss-reactive ketones (excluding diaryl/α,β-unsaturated/α-hetero) is 1. The van der Waals surface area contributed by atoms with E-state index in [1.54, 1.807) is 26.0 Å². The molecule has 88 valence electrons. The molecule has 0 aliphatic carbocycles. The molecule has 1 aromatic carbocycles. The average Bonchev–Trinajstić information content (AvgIpc) is 2.64. The Hall–Kier alpha value is -2.04. The van der Waals surface area contributed by atoms with Gasteiger partial charge >= 0.3 is 0 Å². The van der Waals surface area contributed by atoms with Gasteiger partial charge in [-0.25, -0.2) is 9.07 Å². The average molecular weight is 233 g/mol. The second-order valence-electron chi connectivity index (χ2n) is 3.88. The topological polar surface area (TPSA) is 47.8 Å². The highest BCUT2D eigenvalue weighted by atomic mass is 19.1. The number of aromatic nitrogens is 3. The number of carbonyl (C=O) groups is 1. The second-order valence-corrected chi connectivity index (χ2v) is 3.88. The monoisotopic (exact) mass is 233 g/mol. The zero-order valence-electron chi connectivity index (χ0n) is 9.86. The summed E-state index contributed by atoms with van der Waals surface area (Å²) in [6.07, 6.45) is 0. The molecule has 5 heteroatoms. The molecule has 0 N–H and O–H groups in total. The minimum Gasteiger partial charge on any atom is -0.293 e. The van der Waals surface area contributed by atoms with Crippen molar-refractivity contribution in [2.75, 3.05) is 0 Å². The van der Waals surface area contributed by atoms with Crippen LogP contribution in [0.2, 0.25) is 0 Å². The Morgan fingerprint density at radius 2 is 2.06 bits per heavy atom. The molecule has 1 aromatic heterocycles. The third kappa shape index (κ3) is 1.84. The Morgan fingerprint density at radius 1 is 1.35 bits per heavy atom. The smallest absolute Gasteiger partial charge is 0.181 e. The van der Waals surface area contributed by atoms with E-state index in [0.29, 0.717) is 22.6 Å². The molecule has 0 radical (unpaired) electrons. The fraction of sp³-hybridized carbons (Fsp3) is 0.250. The Labute approximate surface area is 98.1 Å². The van der Waals surface area contributed by atoms with Crippen molar-refractivity contribution in [3.8, 4) is 5.69 Å². The van der Waals surface area contributed by atoms with E-state index in [-0.39, 0.29) is 11.6 Å². The summed E-state index contributed by atoms with van der Waals surface area (Å²) in [7, 11) is 0. The predicted octanol–water partition coefficient (Wildman–Crippen LogP) is 2.23. The molecule has 0 amide bonds. The van der Waals surface area contributed by atoms with Crippen LogP contribution in [0.15, 0.2) is 18.2 Å². The van der Waals surface area contributed by atoms with Crippen molar-refractivity contribution in [3.63, 3.8) is 0 Å². The second kappa shape index (κ2) is 4.08. The lowest BCUT2D eigenvalue weighted by molar-refractivity contribution is 0.101.